The van der Waals surface area contributed by atoms with Gasteiger partial charge in [-0.1, -0.05) is 57.4 Å². The van der Waals surface area contributed by atoms with Gasteiger partial charge in [-0.3, -0.25) is 0 Å². The van der Waals surface area contributed by atoms with Crippen molar-refractivity contribution >= 4 is 0 Å². The molecule has 0 amide bonds. The third-order valence-electron chi connectivity index (χ3n) is 4.39. The summed E-state index contributed by atoms with van der Waals surface area (Å²) in [6, 6.07) is 9.80. The summed E-state index contributed by atoms with van der Waals surface area (Å²) in [6.07, 6.45) is 8.08. The predicted molar refractivity (Wildman–Crippen MR) is 78.7 cm³/mol. The second-order valence-electron chi connectivity index (χ2n) is 5.69. The van der Waals surface area contributed by atoms with Gasteiger partial charge in [-0.2, -0.15) is 0 Å². The largest absolute Gasteiger partial charge is 0.310 e. The van der Waals surface area contributed by atoms with Crippen molar-refractivity contribution in [2.75, 3.05) is 0 Å². The van der Waals surface area contributed by atoms with E-state index >= 15 is 0 Å². The number of aryl methyl sites for hydroxylation is 1. The number of hydrogen-bond acceptors (Lipinski definition) is 1. The maximum atomic E-state index is 3.74. The van der Waals surface area contributed by atoms with Gasteiger partial charge in [-0.05, 0) is 36.3 Å². The summed E-state index contributed by atoms with van der Waals surface area (Å²) in [5, 5.41) is 3.74. The Kier molecular flexibility index (Phi) is 5.25. The first kappa shape index (κ1) is 13.6. The molecule has 0 aliphatic heterocycles. The van der Waals surface area contributed by atoms with Crippen LogP contribution < -0.4 is 5.32 Å². The maximum Gasteiger partial charge on any atom is 0.0208 e. The molecule has 0 saturated heterocycles. The molecule has 1 nitrogen and oxygen atoms in total. The average molecular weight is 245 g/mol. The molecular weight excluding hydrogens is 218 g/mol. The Bertz CT molecular complexity index is 341. The highest BCUT2D eigenvalue weighted by Gasteiger charge is 2.19. The van der Waals surface area contributed by atoms with Crippen LogP contribution in [0.2, 0.25) is 0 Å². The lowest BCUT2D eigenvalue weighted by atomic mass is 9.84. The molecule has 2 unspecified atom stereocenters. The van der Waals surface area contributed by atoms with Gasteiger partial charge in [0, 0.05) is 12.6 Å². The van der Waals surface area contributed by atoms with E-state index in [2.05, 4.69) is 43.4 Å². The normalized spacial score (nSPS) is 24.1. The van der Waals surface area contributed by atoms with E-state index in [-0.39, 0.29) is 0 Å². The number of benzene rings is 1. The fourth-order valence-electron chi connectivity index (χ4n) is 3.00. The summed E-state index contributed by atoms with van der Waals surface area (Å²) in [5.74, 6) is 0.957. The van der Waals surface area contributed by atoms with Crippen LogP contribution in [-0.2, 0) is 13.0 Å². The van der Waals surface area contributed by atoms with Crippen LogP contribution in [0.4, 0.5) is 0 Å². The summed E-state index contributed by atoms with van der Waals surface area (Å²) in [5.41, 5.74) is 2.85. The van der Waals surface area contributed by atoms with Crippen molar-refractivity contribution in [1.29, 1.82) is 0 Å². The lowest BCUT2D eigenvalue weighted by Gasteiger charge is -2.29. The van der Waals surface area contributed by atoms with Gasteiger partial charge in [0.1, 0.15) is 0 Å². The smallest absolute Gasteiger partial charge is 0.0208 e. The van der Waals surface area contributed by atoms with Gasteiger partial charge in [0.05, 0.1) is 0 Å². The Morgan fingerprint density at radius 3 is 2.44 bits per heavy atom. The molecule has 18 heavy (non-hydrogen) atoms. The van der Waals surface area contributed by atoms with Gasteiger partial charge < -0.3 is 5.32 Å². The zero-order valence-corrected chi connectivity index (χ0v) is 11.9. The predicted octanol–water partition coefficient (Wildman–Crippen LogP) is 4.31. The highest BCUT2D eigenvalue weighted by Crippen LogP contribution is 2.26. The Morgan fingerprint density at radius 2 is 1.78 bits per heavy atom. The van der Waals surface area contributed by atoms with E-state index in [1.165, 1.54) is 43.2 Å². The SMILES string of the molecule is CCc1ccc(CNC2CCCC(CC)C2)cc1. The number of nitrogens with one attached hydrogen (secondary N) is 1. The van der Waals surface area contributed by atoms with E-state index in [1.54, 1.807) is 0 Å². The van der Waals surface area contributed by atoms with Crippen molar-refractivity contribution in [2.45, 2.75) is 65.0 Å². The van der Waals surface area contributed by atoms with Gasteiger partial charge in [0.25, 0.3) is 0 Å². The minimum atomic E-state index is 0.745. The molecule has 0 radical (unpaired) electrons. The van der Waals surface area contributed by atoms with Crippen molar-refractivity contribution < 1.29 is 0 Å². The van der Waals surface area contributed by atoms with Crippen LogP contribution in [-0.4, -0.2) is 6.04 Å². The molecule has 1 fully saturated rings. The Balaban J connectivity index is 1.79. The first-order chi connectivity index (χ1) is 8.81. The molecule has 100 valence electrons. The standard InChI is InChI=1S/C17H27N/c1-3-14-8-10-16(11-9-14)13-18-17-7-5-6-15(4-2)12-17/h8-11,15,17-18H,3-7,12-13H2,1-2H3. The fourth-order valence-corrected chi connectivity index (χ4v) is 3.00. The third-order valence-corrected chi connectivity index (χ3v) is 4.39. The van der Waals surface area contributed by atoms with Crippen LogP contribution in [0.1, 0.15) is 57.1 Å². The maximum absolute atomic E-state index is 3.74. The fraction of sp³-hybridized carbons (Fsp3) is 0.647. The molecule has 1 aromatic carbocycles. The zero-order valence-electron chi connectivity index (χ0n) is 11.9. The summed E-state index contributed by atoms with van der Waals surface area (Å²) in [6.45, 7) is 5.57. The van der Waals surface area contributed by atoms with Gasteiger partial charge in [-0.15, -0.1) is 0 Å². The van der Waals surface area contributed by atoms with Gasteiger partial charge in [0.2, 0.25) is 0 Å². The molecule has 2 rings (SSSR count). The van der Waals surface area contributed by atoms with Crippen molar-refractivity contribution in [3.63, 3.8) is 0 Å². The topological polar surface area (TPSA) is 12.0 Å². The lowest BCUT2D eigenvalue weighted by molar-refractivity contribution is 0.278. The van der Waals surface area contributed by atoms with Gasteiger partial charge in [0.15, 0.2) is 0 Å². The molecule has 1 heteroatoms. The van der Waals surface area contributed by atoms with Crippen molar-refractivity contribution in [3.8, 4) is 0 Å². The van der Waals surface area contributed by atoms with Crippen LogP contribution in [0.5, 0.6) is 0 Å². The molecule has 1 saturated carbocycles. The molecule has 0 aromatic heterocycles. The zero-order chi connectivity index (χ0) is 12.8. The molecule has 1 aliphatic carbocycles. The summed E-state index contributed by atoms with van der Waals surface area (Å²) in [7, 11) is 0. The van der Waals surface area contributed by atoms with Crippen LogP contribution in [0.25, 0.3) is 0 Å². The van der Waals surface area contributed by atoms with E-state index in [1.807, 2.05) is 0 Å². The van der Waals surface area contributed by atoms with Crippen LogP contribution in [0, 0.1) is 5.92 Å². The van der Waals surface area contributed by atoms with Crippen LogP contribution >= 0.6 is 0 Å². The molecule has 0 heterocycles. The van der Waals surface area contributed by atoms with Crippen LogP contribution in [0.3, 0.4) is 0 Å². The van der Waals surface area contributed by atoms with Crippen molar-refractivity contribution in [2.24, 2.45) is 5.92 Å². The monoisotopic (exact) mass is 245 g/mol. The molecule has 1 N–H and O–H groups in total. The van der Waals surface area contributed by atoms with E-state index < -0.39 is 0 Å². The number of rotatable bonds is 5. The molecular formula is C17H27N. The van der Waals surface area contributed by atoms with Crippen molar-refractivity contribution in [1.82, 2.24) is 5.32 Å². The third kappa shape index (κ3) is 3.84. The summed E-state index contributed by atoms with van der Waals surface area (Å²) in [4.78, 5) is 0. The Labute approximate surface area is 112 Å². The molecule has 2 atom stereocenters. The summed E-state index contributed by atoms with van der Waals surface area (Å²) >= 11 is 0. The molecule has 0 bridgehead atoms. The number of hydrogen-bond donors (Lipinski definition) is 1. The highest BCUT2D eigenvalue weighted by molar-refractivity contribution is 5.22. The van der Waals surface area contributed by atoms with Crippen LogP contribution in [0.15, 0.2) is 24.3 Å². The second kappa shape index (κ2) is 6.94. The first-order valence-electron chi connectivity index (χ1n) is 7.63. The lowest BCUT2D eigenvalue weighted by Crippen LogP contribution is -2.33. The quantitative estimate of drug-likeness (QED) is 0.815. The highest BCUT2D eigenvalue weighted by atomic mass is 14.9. The van der Waals surface area contributed by atoms with Gasteiger partial charge in [-0.25, -0.2) is 0 Å². The average Bonchev–Trinajstić information content (AvgIpc) is 2.46. The molecule has 1 aromatic rings. The molecule has 1 aliphatic rings. The summed E-state index contributed by atoms with van der Waals surface area (Å²) < 4.78 is 0. The second-order valence-corrected chi connectivity index (χ2v) is 5.69. The van der Waals surface area contributed by atoms with Gasteiger partial charge >= 0.3 is 0 Å². The minimum absolute atomic E-state index is 0.745. The van der Waals surface area contributed by atoms with E-state index in [0.717, 1.165) is 24.9 Å². The van der Waals surface area contributed by atoms with E-state index in [0.29, 0.717) is 0 Å². The Hall–Kier alpha value is -0.820. The molecule has 0 spiro atoms. The minimum Gasteiger partial charge on any atom is -0.310 e. The Morgan fingerprint density at radius 1 is 1.06 bits per heavy atom. The van der Waals surface area contributed by atoms with E-state index in [4.69, 9.17) is 0 Å². The first-order valence-corrected chi connectivity index (χ1v) is 7.63. The van der Waals surface area contributed by atoms with Crippen molar-refractivity contribution in [3.05, 3.63) is 35.4 Å². The van der Waals surface area contributed by atoms with E-state index in [9.17, 15) is 0 Å².